The van der Waals surface area contributed by atoms with Gasteiger partial charge in [0.25, 0.3) is 0 Å². The third-order valence-electron chi connectivity index (χ3n) is 3.51. The minimum absolute atomic E-state index is 0.130. The van der Waals surface area contributed by atoms with Crippen LogP contribution in [0.4, 0.5) is 0 Å². The summed E-state index contributed by atoms with van der Waals surface area (Å²) in [6.45, 7) is 0.141. The molecule has 0 heterocycles. The van der Waals surface area contributed by atoms with Gasteiger partial charge in [-0.3, -0.25) is 4.79 Å². The van der Waals surface area contributed by atoms with Gasteiger partial charge in [-0.1, -0.05) is 30.3 Å². The van der Waals surface area contributed by atoms with Gasteiger partial charge in [0.2, 0.25) is 0 Å². The highest BCUT2D eigenvalue weighted by Gasteiger charge is 2.27. The summed E-state index contributed by atoms with van der Waals surface area (Å²) in [7, 11) is 0. The van der Waals surface area contributed by atoms with Crippen molar-refractivity contribution in [3.8, 4) is 0 Å². The Kier molecular flexibility index (Phi) is 3.73. The van der Waals surface area contributed by atoms with Crippen molar-refractivity contribution in [1.82, 2.24) is 0 Å². The predicted molar refractivity (Wildman–Crippen MR) is 63.2 cm³/mol. The molecule has 2 atom stereocenters. The first kappa shape index (κ1) is 11.3. The Morgan fingerprint density at radius 2 is 2.06 bits per heavy atom. The van der Waals surface area contributed by atoms with E-state index >= 15 is 0 Å². The summed E-state index contributed by atoms with van der Waals surface area (Å²) >= 11 is 0. The Morgan fingerprint density at radius 3 is 2.69 bits per heavy atom. The van der Waals surface area contributed by atoms with E-state index in [1.807, 2.05) is 30.3 Å². The summed E-state index contributed by atoms with van der Waals surface area (Å²) in [5, 5.41) is 9.51. The van der Waals surface area contributed by atoms with Crippen molar-refractivity contribution in [1.29, 1.82) is 0 Å². The molecule has 16 heavy (non-hydrogen) atoms. The molecule has 2 rings (SSSR count). The number of Topliss-reactive ketones (excluding diaryl/α,β-unsaturated/α-hetero) is 1. The van der Waals surface area contributed by atoms with E-state index in [9.17, 15) is 9.90 Å². The van der Waals surface area contributed by atoms with Gasteiger partial charge in [-0.2, -0.15) is 0 Å². The van der Waals surface area contributed by atoms with Crippen LogP contribution < -0.4 is 0 Å². The van der Waals surface area contributed by atoms with E-state index in [2.05, 4.69) is 0 Å². The molecule has 0 amide bonds. The molecule has 0 unspecified atom stereocenters. The summed E-state index contributed by atoms with van der Waals surface area (Å²) < 4.78 is 0. The fourth-order valence-corrected chi connectivity index (χ4v) is 2.63. The second-order valence-electron chi connectivity index (χ2n) is 4.59. The van der Waals surface area contributed by atoms with Crippen LogP contribution in [0.3, 0.4) is 0 Å². The summed E-state index contributed by atoms with van der Waals surface area (Å²) in [6, 6.07) is 10.0. The summed E-state index contributed by atoms with van der Waals surface area (Å²) in [4.78, 5) is 11.4. The van der Waals surface area contributed by atoms with E-state index in [0.29, 0.717) is 18.1 Å². The number of hydrogen-bond donors (Lipinski definition) is 1. The van der Waals surface area contributed by atoms with Gasteiger partial charge in [-0.05, 0) is 24.3 Å². The van der Waals surface area contributed by atoms with Gasteiger partial charge in [0.15, 0.2) is 0 Å². The molecule has 1 aromatic carbocycles. The molecule has 1 aromatic rings. The standard InChI is InChI=1S/C14H18O2/c15-10-14(11-5-2-1-3-6-11)12-7-4-8-13(16)9-12/h1-3,5-6,12,14-15H,4,7-10H2/t12-,14-/m0/s1. The van der Waals surface area contributed by atoms with Gasteiger partial charge in [0.1, 0.15) is 5.78 Å². The van der Waals surface area contributed by atoms with Gasteiger partial charge in [-0.15, -0.1) is 0 Å². The van der Waals surface area contributed by atoms with E-state index < -0.39 is 0 Å². The smallest absolute Gasteiger partial charge is 0.133 e. The second-order valence-corrected chi connectivity index (χ2v) is 4.59. The average molecular weight is 218 g/mol. The number of rotatable bonds is 3. The van der Waals surface area contributed by atoms with Crippen LogP contribution in [0.1, 0.15) is 37.2 Å². The van der Waals surface area contributed by atoms with Crippen molar-refractivity contribution < 1.29 is 9.90 Å². The second kappa shape index (κ2) is 5.26. The molecule has 0 aromatic heterocycles. The third-order valence-corrected chi connectivity index (χ3v) is 3.51. The minimum atomic E-state index is 0.130. The maximum absolute atomic E-state index is 11.4. The highest BCUT2D eigenvalue weighted by Crippen LogP contribution is 2.34. The van der Waals surface area contributed by atoms with Gasteiger partial charge >= 0.3 is 0 Å². The molecule has 0 aliphatic heterocycles. The summed E-state index contributed by atoms with van der Waals surface area (Å²) in [5.41, 5.74) is 1.16. The molecule has 0 radical (unpaired) electrons. The van der Waals surface area contributed by atoms with Crippen LogP contribution in [0.25, 0.3) is 0 Å². The monoisotopic (exact) mass is 218 g/mol. The highest BCUT2D eigenvalue weighted by atomic mass is 16.3. The zero-order valence-corrected chi connectivity index (χ0v) is 9.43. The molecule has 0 spiro atoms. The highest BCUT2D eigenvalue weighted by molar-refractivity contribution is 5.79. The van der Waals surface area contributed by atoms with Crippen molar-refractivity contribution >= 4 is 5.78 Å². The number of carbonyl (C=O) groups excluding carboxylic acids is 1. The zero-order chi connectivity index (χ0) is 11.4. The van der Waals surface area contributed by atoms with Crippen LogP contribution in [0.2, 0.25) is 0 Å². The zero-order valence-electron chi connectivity index (χ0n) is 9.43. The lowest BCUT2D eigenvalue weighted by molar-refractivity contribution is -0.121. The first-order valence-electron chi connectivity index (χ1n) is 5.98. The van der Waals surface area contributed by atoms with Crippen molar-refractivity contribution in [2.45, 2.75) is 31.6 Å². The number of benzene rings is 1. The van der Waals surface area contributed by atoms with Gasteiger partial charge in [-0.25, -0.2) is 0 Å². The first-order chi connectivity index (χ1) is 7.81. The molecule has 0 saturated heterocycles. The number of aliphatic hydroxyl groups is 1. The largest absolute Gasteiger partial charge is 0.396 e. The van der Waals surface area contributed by atoms with Crippen LogP contribution in [-0.4, -0.2) is 17.5 Å². The topological polar surface area (TPSA) is 37.3 Å². The van der Waals surface area contributed by atoms with Crippen molar-refractivity contribution in [3.05, 3.63) is 35.9 Å². The van der Waals surface area contributed by atoms with Gasteiger partial charge in [0.05, 0.1) is 6.61 Å². The lowest BCUT2D eigenvalue weighted by Gasteiger charge is -2.28. The SMILES string of the molecule is O=C1CCC[C@H]([C@@H](CO)c2ccccc2)C1. The Morgan fingerprint density at radius 1 is 1.31 bits per heavy atom. The van der Waals surface area contributed by atoms with Crippen molar-refractivity contribution in [2.75, 3.05) is 6.61 Å². The Bertz CT molecular complexity index is 345. The molecule has 2 nitrogen and oxygen atoms in total. The number of carbonyl (C=O) groups is 1. The number of ketones is 1. The minimum Gasteiger partial charge on any atom is -0.396 e. The Labute approximate surface area is 96.3 Å². The van der Waals surface area contributed by atoms with E-state index in [1.165, 1.54) is 0 Å². The van der Waals surface area contributed by atoms with Crippen molar-refractivity contribution in [2.24, 2.45) is 5.92 Å². The molecule has 1 N–H and O–H groups in total. The maximum Gasteiger partial charge on any atom is 0.133 e. The molecule has 0 bridgehead atoms. The van der Waals surface area contributed by atoms with Crippen molar-refractivity contribution in [3.63, 3.8) is 0 Å². The van der Waals surface area contributed by atoms with Crippen LogP contribution in [0.5, 0.6) is 0 Å². The Balaban J connectivity index is 2.13. The predicted octanol–water partition coefficient (Wildman–Crippen LogP) is 2.52. The Hall–Kier alpha value is -1.15. The lowest BCUT2D eigenvalue weighted by Crippen LogP contribution is -2.23. The number of aliphatic hydroxyl groups excluding tert-OH is 1. The molecular formula is C14H18O2. The summed E-state index contributed by atoms with van der Waals surface area (Å²) in [6.07, 6.45) is 3.41. The summed E-state index contributed by atoms with van der Waals surface area (Å²) in [5.74, 6) is 0.810. The molecule has 86 valence electrons. The quantitative estimate of drug-likeness (QED) is 0.846. The normalized spacial score (nSPS) is 23.1. The van der Waals surface area contributed by atoms with E-state index in [-0.39, 0.29) is 12.5 Å². The first-order valence-corrected chi connectivity index (χ1v) is 5.98. The fourth-order valence-electron chi connectivity index (χ4n) is 2.63. The molecule has 1 aliphatic rings. The number of hydrogen-bond acceptors (Lipinski definition) is 2. The lowest BCUT2D eigenvalue weighted by atomic mass is 9.77. The third kappa shape index (κ3) is 2.50. The molecule has 1 aliphatic carbocycles. The van der Waals surface area contributed by atoms with E-state index in [4.69, 9.17) is 0 Å². The van der Waals surface area contributed by atoms with E-state index in [0.717, 1.165) is 24.8 Å². The van der Waals surface area contributed by atoms with Gasteiger partial charge < -0.3 is 5.11 Å². The van der Waals surface area contributed by atoms with Crippen LogP contribution >= 0.6 is 0 Å². The maximum atomic E-state index is 11.4. The molecule has 2 heteroatoms. The molecule has 1 fully saturated rings. The molecule has 1 saturated carbocycles. The van der Waals surface area contributed by atoms with Gasteiger partial charge in [0, 0.05) is 18.8 Å². The van der Waals surface area contributed by atoms with Crippen LogP contribution in [0, 0.1) is 5.92 Å². The molecular weight excluding hydrogens is 200 g/mol. The fraction of sp³-hybridized carbons (Fsp3) is 0.500. The van der Waals surface area contributed by atoms with E-state index in [1.54, 1.807) is 0 Å². The average Bonchev–Trinajstić information content (AvgIpc) is 2.31. The van der Waals surface area contributed by atoms with Crippen LogP contribution in [0.15, 0.2) is 30.3 Å². The van der Waals surface area contributed by atoms with Crippen LogP contribution in [-0.2, 0) is 4.79 Å².